The third-order valence-electron chi connectivity index (χ3n) is 1.72. The van der Waals surface area contributed by atoms with Crippen molar-refractivity contribution >= 4 is 23.5 Å². The molecule has 0 aromatic heterocycles. The van der Waals surface area contributed by atoms with Crippen LogP contribution in [0.5, 0.6) is 0 Å². The number of urea groups is 1. The van der Waals surface area contributed by atoms with E-state index in [9.17, 15) is 4.79 Å². The molecule has 1 heterocycles. The van der Waals surface area contributed by atoms with E-state index in [1.807, 2.05) is 18.7 Å². The van der Waals surface area contributed by atoms with Crippen molar-refractivity contribution in [2.24, 2.45) is 5.10 Å². The summed E-state index contributed by atoms with van der Waals surface area (Å²) in [7, 11) is 0. The summed E-state index contributed by atoms with van der Waals surface area (Å²) in [6.45, 7) is 2.51. The van der Waals surface area contributed by atoms with Crippen molar-refractivity contribution in [2.75, 3.05) is 18.1 Å². The van der Waals surface area contributed by atoms with Crippen LogP contribution in [0.2, 0.25) is 0 Å². The number of nitrogens with zero attached hydrogens (tertiary/aromatic N) is 1. The summed E-state index contributed by atoms with van der Waals surface area (Å²) < 4.78 is 0. The molecule has 5 heteroatoms. The first-order chi connectivity index (χ1) is 6.33. The molecule has 0 aliphatic carbocycles. The van der Waals surface area contributed by atoms with Crippen molar-refractivity contribution in [3.8, 4) is 0 Å². The number of amides is 2. The first kappa shape index (κ1) is 10.4. The van der Waals surface area contributed by atoms with Crippen LogP contribution in [0.3, 0.4) is 0 Å². The molecule has 0 saturated carbocycles. The van der Waals surface area contributed by atoms with E-state index in [2.05, 4.69) is 15.8 Å². The summed E-state index contributed by atoms with van der Waals surface area (Å²) in [5.41, 5.74) is 3.58. The van der Waals surface area contributed by atoms with Gasteiger partial charge in [0, 0.05) is 12.3 Å². The van der Waals surface area contributed by atoms with Crippen LogP contribution in [0.1, 0.15) is 19.8 Å². The van der Waals surface area contributed by atoms with Crippen molar-refractivity contribution in [3.05, 3.63) is 0 Å². The highest BCUT2D eigenvalue weighted by molar-refractivity contribution is 7.99. The van der Waals surface area contributed by atoms with Gasteiger partial charge in [0.2, 0.25) is 0 Å². The number of carbonyl (C=O) groups is 1. The standard InChI is InChI=1S/C8H15N3OS/c1-2-9-8(12)11-10-7-3-5-13-6-4-7/h2-6H2,1H3,(H2,9,11,12). The molecule has 13 heavy (non-hydrogen) atoms. The molecule has 0 unspecified atom stereocenters. The quantitative estimate of drug-likeness (QED) is 0.659. The summed E-state index contributed by atoms with van der Waals surface area (Å²) >= 11 is 1.93. The van der Waals surface area contributed by atoms with E-state index in [1.54, 1.807) is 0 Å². The average molecular weight is 201 g/mol. The zero-order valence-electron chi connectivity index (χ0n) is 7.80. The highest BCUT2D eigenvalue weighted by Gasteiger charge is 2.07. The van der Waals surface area contributed by atoms with Crippen LogP contribution in [0, 0.1) is 0 Å². The van der Waals surface area contributed by atoms with Gasteiger partial charge in [0.15, 0.2) is 0 Å². The summed E-state index contributed by atoms with van der Waals surface area (Å²) in [5.74, 6) is 2.24. The van der Waals surface area contributed by atoms with Gasteiger partial charge in [-0.05, 0) is 31.3 Å². The van der Waals surface area contributed by atoms with E-state index >= 15 is 0 Å². The van der Waals surface area contributed by atoms with Crippen LogP contribution in [-0.2, 0) is 0 Å². The van der Waals surface area contributed by atoms with Crippen LogP contribution in [0.15, 0.2) is 5.10 Å². The van der Waals surface area contributed by atoms with Gasteiger partial charge in [-0.25, -0.2) is 10.2 Å². The van der Waals surface area contributed by atoms with Gasteiger partial charge in [0.05, 0.1) is 0 Å². The Bertz CT molecular complexity index is 198. The lowest BCUT2D eigenvalue weighted by atomic mass is 10.2. The third-order valence-corrected chi connectivity index (χ3v) is 2.71. The Kier molecular flexibility index (Phi) is 4.67. The van der Waals surface area contributed by atoms with Crippen LogP contribution in [-0.4, -0.2) is 29.8 Å². The molecule has 1 aliphatic heterocycles. The largest absolute Gasteiger partial charge is 0.337 e. The molecule has 74 valence electrons. The van der Waals surface area contributed by atoms with Gasteiger partial charge in [-0.15, -0.1) is 0 Å². The predicted octanol–water partition coefficient (Wildman–Crippen LogP) is 1.19. The molecule has 0 aromatic rings. The number of hydrogen-bond acceptors (Lipinski definition) is 3. The Morgan fingerprint density at radius 1 is 1.54 bits per heavy atom. The molecule has 2 amide bonds. The van der Waals surface area contributed by atoms with Crippen molar-refractivity contribution in [3.63, 3.8) is 0 Å². The van der Waals surface area contributed by atoms with E-state index in [4.69, 9.17) is 0 Å². The smallest absolute Gasteiger partial charge is 0.335 e. The minimum atomic E-state index is -0.215. The summed E-state index contributed by atoms with van der Waals surface area (Å²) in [6, 6.07) is -0.215. The van der Waals surface area contributed by atoms with E-state index in [1.165, 1.54) is 0 Å². The van der Waals surface area contributed by atoms with Gasteiger partial charge in [0.25, 0.3) is 0 Å². The molecular formula is C8H15N3OS. The van der Waals surface area contributed by atoms with Gasteiger partial charge < -0.3 is 5.32 Å². The molecule has 1 aliphatic rings. The molecule has 1 saturated heterocycles. The fraction of sp³-hybridized carbons (Fsp3) is 0.750. The summed E-state index contributed by atoms with van der Waals surface area (Å²) in [6.07, 6.45) is 1.99. The molecule has 0 atom stereocenters. The molecule has 2 N–H and O–H groups in total. The van der Waals surface area contributed by atoms with Gasteiger partial charge in [-0.3, -0.25) is 0 Å². The van der Waals surface area contributed by atoms with Crippen molar-refractivity contribution in [1.82, 2.24) is 10.7 Å². The normalized spacial score (nSPS) is 16.5. The van der Waals surface area contributed by atoms with E-state index in [-0.39, 0.29) is 6.03 Å². The lowest BCUT2D eigenvalue weighted by molar-refractivity contribution is 0.242. The second kappa shape index (κ2) is 5.85. The average Bonchev–Trinajstić information content (AvgIpc) is 2.17. The molecule has 1 rings (SSSR count). The second-order valence-electron chi connectivity index (χ2n) is 2.76. The summed E-state index contributed by atoms with van der Waals surface area (Å²) in [5, 5.41) is 6.67. The second-order valence-corrected chi connectivity index (χ2v) is 3.99. The molecule has 0 bridgehead atoms. The number of rotatable bonds is 2. The molecule has 0 aromatic carbocycles. The Balaban J connectivity index is 2.25. The Morgan fingerprint density at radius 3 is 2.85 bits per heavy atom. The maximum Gasteiger partial charge on any atom is 0.335 e. The van der Waals surface area contributed by atoms with Crippen molar-refractivity contribution in [2.45, 2.75) is 19.8 Å². The number of thioether (sulfide) groups is 1. The topological polar surface area (TPSA) is 53.5 Å². The van der Waals surface area contributed by atoms with Crippen molar-refractivity contribution in [1.29, 1.82) is 0 Å². The lowest BCUT2D eigenvalue weighted by Gasteiger charge is -2.11. The monoisotopic (exact) mass is 201 g/mol. The van der Waals surface area contributed by atoms with E-state index in [0.29, 0.717) is 6.54 Å². The highest BCUT2D eigenvalue weighted by Crippen LogP contribution is 2.13. The number of nitrogens with one attached hydrogen (secondary N) is 2. The number of carbonyl (C=O) groups excluding carboxylic acids is 1. The highest BCUT2D eigenvalue weighted by atomic mass is 32.2. The van der Waals surface area contributed by atoms with Crippen LogP contribution in [0.4, 0.5) is 4.79 Å². The van der Waals surface area contributed by atoms with E-state index in [0.717, 1.165) is 30.1 Å². The zero-order chi connectivity index (χ0) is 9.52. The van der Waals surface area contributed by atoms with Crippen LogP contribution in [0.25, 0.3) is 0 Å². The Hall–Kier alpha value is -0.710. The van der Waals surface area contributed by atoms with Gasteiger partial charge in [0.1, 0.15) is 0 Å². The fourth-order valence-corrected chi connectivity index (χ4v) is 2.01. The third kappa shape index (κ3) is 4.17. The maximum absolute atomic E-state index is 11.0. The lowest BCUT2D eigenvalue weighted by Crippen LogP contribution is -2.32. The maximum atomic E-state index is 11.0. The zero-order valence-corrected chi connectivity index (χ0v) is 8.62. The molecule has 0 radical (unpaired) electrons. The molecular weight excluding hydrogens is 186 g/mol. The minimum Gasteiger partial charge on any atom is -0.337 e. The number of hydrogen-bond donors (Lipinski definition) is 2. The minimum absolute atomic E-state index is 0.215. The van der Waals surface area contributed by atoms with Crippen LogP contribution < -0.4 is 10.7 Å². The van der Waals surface area contributed by atoms with Gasteiger partial charge in [-0.1, -0.05) is 0 Å². The van der Waals surface area contributed by atoms with Crippen molar-refractivity contribution < 1.29 is 4.79 Å². The first-order valence-corrected chi connectivity index (χ1v) is 5.65. The molecule has 0 spiro atoms. The van der Waals surface area contributed by atoms with E-state index < -0.39 is 0 Å². The molecule has 4 nitrogen and oxygen atoms in total. The Morgan fingerprint density at radius 2 is 2.23 bits per heavy atom. The van der Waals surface area contributed by atoms with Gasteiger partial charge in [-0.2, -0.15) is 16.9 Å². The van der Waals surface area contributed by atoms with Crippen LogP contribution >= 0.6 is 11.8 Å². The predicted molar refractivity (Wildman–Crippen MR) is 56.2 cm³/mol. The SMILES string of the molecule is CCNC(=O)NN=C1CCSCC1. The number of hydrazone groups is 1. The summed E-state index contributed by atoms with van der Waals surface area (Å²) in [4.78, 5) is 11.0. The fourth-order valence-electron chi connectivity index (χ4n) is 1.05. The molecule has 1 fully saturated rings. The van der Waals surface area contributed by atoms with Gasteiger partial charge >= 0.3 is 6.03 Å². The Labute approximate surface area is 82.5 Å². The first-order valence-electron chi connectivity index (χ1n) is 4.50.